The van der Waals surface area contributed by atoms with Crippen LogP contribution in [0.2, 0.25) is 0 Å². The van der Waals surface area contributed by atoms with Crippen molar-refractivity contribution in [1.82, 2.24) is 4.90 Å². The highest BCUT2D eigenvalue weighted by Gasteiger charge is 2.38. The van der Waals surface area contributed by atoms with E-state index in [9.17, 15) is 4.79 Å². The molecule has 1 heterocycles. The summed E-state index contributed by atoms with van der Waals surface area (Å²) in [7, 11) is 0. The molecule has 0 spiro atoms. The lowest BCUT2D eigenvalue weighted by molar-refractivity contribution is -0.123. The quantitative estimate of drug-likeness (QED) is 0.660. The van der Waals surface area contributed by atoms with Gasteiger partial charge in [0, 0.05) is 18.5 Å². The predicted molar refractivity (Wildman–Crippen MR) is 52.5 cm³/mol. The van der Waals surface area contributed by atoms with Gasteiger partial charge in [-0.3, -0.25) is 9.69 Å². The van der Waals surface area contributed by atoms with Crippen molar-refractivity contribution in [2.24, 2.45) is 11.8 Å². The van der Waals surface area contributed by atoms with E-state index in [2.05, 4.69) is 4.90 Å². The zero-order valence-electron chi connectivity index (χ0n) is 8.62. The molecule has 0 radical (unpaired) electrons. The highest BCUT2D eigenvalue weighted by molar-refractivity contribution is 5.82. The molecule has 2 bridgehead atoms. The van der Waals surface area contributed by atoms with Crippen LogP contribution < -0.4 is 0 Å². The molecule has 2 fully saturated rings. The van der Waals surface area contributed by atoms with Gasteiger partial charge in [-0.05, 0) is 25.2 Å². The van der Waals surface area contributed by atoms with E-state index in [4.69, 9.17) is 0 Å². The van der Waals surface area contributed by atoms with Gasteiger partial charge in [-0.2, -0.15) is 0 Å². The van der Waals surface area contributed by atoms with E-state index in [1.165, 1.54) is 25.8 Å². The fourth-order valence-corrected chi connectivity index (χ4v) is 2.60. The summed E-state index contributed by atoms with van der Waals surface area (Å²) in [6.45, 7) is 5.88. The minimum absolute atomic E-state index is 0.208. The summed E-state index contributed by atoms with van der Waals surface area (Å²) in [5.41, 5.74) is 0. The second-order valence-electron chi connectivity index (χ2n) is 4.88. The van der Waals surface area contributed by atoms with Crippen LogP contribution in [0.15, 0.2) is 0 Å². The van der Waals surface area contributed by atoms with Gasteiger partial charge in [0.25, 0.3) is 0 Å². The maximum Gasteiger partial charge on any atom is 0.149 e. The van der Waals surface area contributed by atoms with Gasteiger partial charge in [0.2, 0.25) is 0 Å². The first-order valence-electron chi connectivity index (χ1n) is 5.43. The predicted octanol–water partition coefficient (Wildman–Crippen LogP) is 1.70. The maximum atomic E-state index is 11.5. The number of piperidine rings is 1. The monoisotopic (exact) mass is 181 g/mol. The molecule has 2 aliphatic rings. The zero-order valence-corrected chi connectivity index (χ0v) is 8.62. The zero-order chi connectivity index (χ0) is 9.42. The number of rotatable bonds is 3. The summed E-state index contributed by atoms with van der Waals surface area (Å²) in [4.78, 5) is 13.9. The van der Waals surface area contributed by atoms with Crippen molar-refractivity contribution in [3.8, 4) is 0 Å². The number of likely N-dealkylation sites (tertiary alicyclic amines) is 1. The van der Waals surface area contributed by atoms with Crippen LogP contribution in [0.3, 0.4) is 0 Å². The van der Waals surface area contributed by atoms with Crippen LogP contribution in [0.5, 0.6) is 0 Å². The Hall–Kier alpha value is -0.370. The number of carbonyl (C=O) groups is 1. The van der Waals surface area contributed by atoms with E-state index in [0.717, 1.165) is 12.0 Å². The topological polar surface area (TPSA) is 20.3 Å². The summed E-state index contributed by atoms with van der Waals surface area (Å²) in [6.07, 6.45) is 4.08. The summed E-state index contributed by atoms with van der Waals surface area (Å²) >= 11 is 0. The molecule has 0 aromatic heterocycles. The third-order valence-corrected chi connectivity index (χ3v) is 3.53. The molecule has 1 saturated carbocycles. The Morgan fingerprint density at radius 2 is 2.23 bits per heavy atom. The lowest BCUT2D eigenvalue weighted by Crippen LogP contribution is -2.37. The normalized spacial score (nSPS) is 33.2. The summed E-state index contributed by atoms with van der Waals surface area (Å²) in [6, 6.07) is 0.743. The number of fused-ring (bicyclic) bond motifs is 2. The van der Waals surface area contributed by atoms with Gasteiger partial charge in [0.1, 0.15) is 5.78 Å². The number of carbonyl (C=O) groups excluding carboxylic acids is 1. The van der Waals surface area contributed by atoms with E-state index in [-0.39, 0.29) is 5.92 Å². The number of nitrogens with zero attached hydrogens (tertiary/aromatic N) is 1. The van der Waals surface area contributed by atoms with Gasteiger partial charge in [0.05, 0.1) is 6.54 Å². The largest absolute Gasteiger partial charge is 0.298 e. The van der Waals surface area contributed by atoms with Crippen molar-refractivity contribution in [3.05, 3.63) is 0 Å². The first kappa shape index (κ1) is 9.20. The van der Waals surface area contributed by atoms with Crippen molar-refractivity contribution in [3.63, 3.8) is 0 Å². The minimum atomic E-state index is 0.208. The van der Waals surface area contributed by atoms with Gasteiger partial charge in [0.15, 0.2) is 0 Å². The van der Waals surface area contributed by atoms with Crippen LogP contribution in [0.1, 0.15) is 33.1 Å². The van der Waals surface area contributed by atoms with Gasteiger partial charge < -0.3 is 0 Å². The molecule has 0 amide bonds. The number of hydrogen-bond donors (Lipinski definition) is 0. The molecule has 2 rings (SSSR count). The molecule has 2 nitrogen and oxygen atoms in total. The van der Waals surface area contributed by atoms with E-state index >= 15 is 0 Å². The summed E-state index contributed by atoms with van der Waals surface area (Å²) in [5, 5.41) is 0. The Balaban J connectivity index is 1.86. The van der Waals surface area contributed by atoms with Crippen molar-refractivity contribution < 1.29 is 4.79 Å². The second kappa shape index (κ2) is 3.41. The molecule has 2 heteroatoms. The fourth-order valence-electron chi connectivity index (χ4n) is 2.60. The molecular weight excluding hydrogens is 162 g/mol. The molecule has 0 aromatic carbocycles. The molecular formula is C11H19NO. The molecule has 1 aliphatic carbocycles. The van der Waals surface area contributed by atoms with Gasteiger partial charge in [-0.1, -0.05) is 13.8 Å². The molecule has 0 aromatic rings. The van der Waals surface area contributed by atoms with Gasteiger partial charge >= 0.3 is 0 Å². The molecule has 2 atom stereocenters. The van der Waals surface area contributed by atoms with Crippen molar-refractivity contribution >= 4 is 5.78 Å². The number of Topliss-reactive ketones (excluding diaryl/α,β-unsaturated/α-hetero) is 1. The van der Waals surface area contributed by atoms with Gasteiger partial charge in [-0.25, -0.2) is 0 Å². The third-order valence-electron chi connectivity index (χ3n) is 3.53. The average molecular weight is 181 g/mol. The highest BCUT2D eigenvalue weighted by Crippen LogP contribution is 2.37. The van der Waals surface area contributed by atoms with Crippen molar-refractivity contribution in [1.29, 1.82) is 0 Å². The molecule has 1 aliphatic heterocycles. The van der Waals surface area contributed by atoms with Crippen LogP contribution in [-0.4, -0.2) is 29.8 Å². The second-order valence-corrected chi connectivity index (χ2v) is 4.88. The fraction of sp³-hybridized carbons (Fsp3) is 0.909. The van der Waals surface area contributed by atoms with E-state index < -0.39 is 0 Å². The third kappa shape index (κ3) is 1.78. The number of ketones is 1. The standard InChI is InChI=1S/C11H19NO/c1-8(2)11(13)7-12-6-9-3-4-10(12)5-9/h8-10H,3-7H2,1-2H3/t9-,10+/m1/s1. The van der Waals surface area contributed by atoms with Crippen LogP contribution in [0.4, 0.5) is 0 Å². The Morgan fingerprint density at radius 3 is 2.69 bits per heavy atom. The lowest BCUT2D eigenvalue weighted by atomic mass is 10.1. The first-order chi connectivity index (χ1) is 6.16. The molecule has 13 heavy (non-hydrogen) atoms. The van der Waals surface area contributed by atoms with E-state index in [1.807, 2.05) is 13.8 Å². The van der Waals surface area contributed by atoms with Crippen molar-refractivity contribution in [2.75, 3.05) is 13.1 Å². The molecule has 0 unspecified atom stereocenters. The Bertz CT molecular complexity index is 212. The van der Waals surface area contributed by atoms with E-state index in [0.29, 0.717) is 12.3 Å². The highest BCUT2D eigenvalue weighted by atomic mass is 16.1. The lowest BCUT2D eigenvalue weighted by Gasteiger charge is -2.26. The van der Waals surface area contributed by atoms with E-state index in [1.54, 1.807) is 0 Å². The first-order valence-corrected chi connectivity index (χ1v) is 5.43. The SMILES string of the molecule is CC(C)C(=O)CN1C[C@@H]2CC[C@H]1C2. The Morgan fingerprint density at radius 1 is 1.46 bits per heavy atom. The average Bonchev–Trinajstić information content (AvgIpc) is 2.64. The molecule has 74 valence electrons. The Kier molecular flexibility index (Phi) is 2.41. The van der Waals surface area contributed by atoms with Crippen molar-refractivity contribution in [2.45, 2.75) is 39.2 Å². The van der Waals surface area contributed by atoms with Gasteiger partial charge in [-0.15, -0.1) is 0 Å². The molecule has 0 N–H and O–H groups in total. The summed E-state index contributed by atoms with van der Waals surface area (Å²) < 4.78 is 0. The van der Waals surface area contributed by atoms with Crippen LogP contribution in [0.25, 0.3) is 0 Å². The smallest absolute Gasteiger partial charge is 0.149 e. The minimum Gasteiger partial charge on any atom is -0.298 e. The summed E-state index contributed by atoms with van der Waals surface area (Å²) in [5.74, 6) is 1.52. The van der Waals surface area contributed by atoms with Crippen LogP contribution in [-0.2, 0) is 4.79 Å². The maximum absolute atomic E-state index is 11.5. The number of hydrogen-bond acceptors (Lipinski definition) is 2. The van der Waals surface area contributed by atoms with Crippen LogP contribution >= 0.6 is 0 Å². The molecule has 1 saturated heterocycles. The Labute approximate surface area is 80.3 Å². The van der Waals surface area contributed by atoms with Crippen LogP contribution in [0, 0.1) is 11.8 Å².